The van der Waals surface area contributed by atoms with Gasteiger partial charge < -0.3 is 15.4 Å². The van der Waals surface area contributed by atoms with Gasteiger partial charge in [0.1, 0.15) is 5.75 Å². The third kappa shape index (κ3) is 5.12. The summed E-state index contributed by atoms with van der Waals surface area (Å²) in [6.07, 6.45) is -3.17. The van der Waals surface area contributed by atoms with E-state index in [1.165, 1.54) is 44.5 Å². The largest absolute Gasteiger partial charge is 0.497 e. The minimum atomic E-state index is -4.42. The zero-order chi connectivity index (χ0) is 20.9. The second kappa shape index (κ2) is 8.60. The number of halogens is 3. The lowest BCUT2D eigenvalue weighted by molar-refractivity contribution is -0.137. The van der Waals surface area contributed by atoms with E-state index in [9.17, 15) is 22.8 Å². The van der Waals surface area contributed by atoms with Gasteiger partial charge in [0.15, 0.2) is 0 Å². The molecule has 2 amide bonds. The summed E-state index contributed by atoms with van der Waals surface area (Å²) < 4.78 is 43.0. The zero-order valence-electron chi connectivity index (χ0n) is 15.5. The first-order valence-electron chi connectivity index (χ1n) is 8.22. The summed E-state index contributed by atoms with van der Waals surface area (Å²) in [5, 5.41) is 5.08. The van der Waals surface area contributed by atoms with Gasteiger partial charge >= 0.3 is 6.18 Å². The number of benzene rings is 2. The van der Waals surface area contributed by atoms with Crippen LogP contribution in [0.1, 0.15) is 28.4 Å². The van der Waals surface area contributed by atoms with Gasteiger partial charge in [-0.2, -0.15) is 13.2 Å². The molecular weight excluding hydrogens is 373 g/mol. The number of allylic oxidation sites excluding steroid dienone is 1. The molecule has 0 aliphatic rings. The maximum atomic E-state index is 12.6. The minimum Gasteiger partial charge on any atom is -0.497 e. The van der Waals surface area contributed by atoms with Crippen molar-refractivity contribution in [2.75, 3.05) is 19.5 Å². The number of alkyl halides is 3. The molecule has 8 heteroatoms. The molecule has 148 valence electrons. The summed E-state index contributed by atoms with van der Waals surface area (Å²) in [4.78, 5) is 24.3. The van der Waals surface area contributed by atoms with Crippen molar-refractivity contribution >= 4 is 23.1 Å². The fourth-order valence-electron chi connectivity index (χ4n) is 2.45. The summed E-state index contributed by atoms with van der Waals surface area (Å²) in [6, 6.07) is 9.12. The van der Waals surface area contributed by atoms with E-state index in [1.54, 1.807) is 13.0 Å². The molecule has 0 aromatic heterocycles. The van der Waals surface area contributed by atoms with Crippen LogP contribution in [0.2, 0.25) is 0 Å². The van der Waals surface area contributed by atoms with Crippen LogP contribution in [0.15, 0.2) is 48.5 Å². The Bertz CT molecular complexity index is 904. The SMILES string of the molecule is CNC(=O)c1cc(OC)ccc1NC(=O)/C=C(/C)c1ccc(C(F)(F)F)cc1. The number of hydrogen-bond donors (Lipinski definition) is 2. The highest BCUT2D eigenvalue weighted by Crippen LogP contribution is 2.30. The van der Waals surface area contributed by atoms with Crippen molar-refractivity contribution in [1.82, 2.24) is 5.32 Å². The van der Waals surface area contributed by atoms with Crippen LogP contribution in [0.5, 0.6) is 5.75 Å². The van der Waals surface area contributed by atoms with Crippen LogP contribution >= 0.6 is 0 Å². The predicted octanol–water partition coefficient (Wildman–Crippen LogP) is 4.12. The van der Waals surface area contributed by atoms with Crippen molar-refractivity contribution in [3.63, 3.8) is 0 Å². The molecule has 0 saturated carbocycles. The maximum Gasteiger partial charge on any atom is 0.416 e. The number of anilines is 1. The molecule has 0 fully saturated rings. The fourth-order valence-corrected chi connectivity index (χ4v) is 2.45. The number of methoxy groups -OCH3 is 1. The van der Waals surface area contributed by atoms with E-state index in [1.807, 2.05) is 0 Å². The van der Waals surface area contributed by atoms with Crippen molar-refractivity contribution in [1.29, 1.82) is 0 Å². The van der Waals surface area contributed by atoms with Gasteiger partial charge in [-0.3, -0.25) is 9.59 Å². The first-order valence-corrected chi connectivity index (χ1v) is 8.22. The first kappa shape index (κ1) is 21.0. The molecule has 5 nitrogen and oxygen atoms in total. The van der Waals surface area contributed by atoms with E-state index in [2.05, 4.69) is 10.6 Å². The van der Waals surface area contributed by atoms with Gasteiger partial charge in [0.05, 0.1) is 23.9 Å². The third-order valence-corrected chi connectivity index (χ3v) is 3.97. The van der Waals surface area contributed by atoms with Crippen LogP contribution in [0.25, 0.3) is 5.57 Å². The molecule has 0 atom stereocenters. The molecule has 0 unspecified atom stereocenters. The summed E-state index contributed by atoms with van der Waals surface area (Å²) in [7, 11) is 2.92. The Morgan fingerprint density at radius 3 is 2.25 bits per heavy atom. The normalized spacial score (nSPS) is 11.7. The molecule has 0 spiro atoms. The van der Waals surface area contributed by atoms with Gasteiger partial charge in [0.2, 0.25) is 5.91 Å². The Kier molecular flexibility index (Phi) is 6.45. The number of amides is 2. The predicted molar refractivity (Wildman–Crippen MR) is 100 cm³/mol. The molecule has 0 heterocycles. The molecule has 2 aromatic rings. The van der Waals surface area contributed by atoms with E-state index >= 15 is 0 Å². The number of ether oxygens (including phenoxy) is 1. The van der Waals surface area contributed by atoms with Crippen LogP contribution in [-0.2, 0) is 11.0 Å². The number of rotatable bonds is 5. The lowest BCUT2D eigenvalue weighted by atomic mass is 10.0. The van der Waals surface area contributed by atoms with E-state index < -0.39 is 23.6 Å². The average Bonchev–Trinajstić information content (AvgIpc) is 2.67. The summed E-state index contributed by atoms with van der Waals surface area (Å²) in [5.41, 5.74) is 0.685. The lowest BCUT2D eigenvalue weighted by Gasteiger charge is -2.11. The Morgan fingerprint density at radius 2 is 1.71 bits per heavy atom. The van der Waals surface area contributed by atoms with Crippen molar-refractivity contribution in [2.45, 2.75) is 13.1 Å². The topological polar surface area (TPSA) is 67.4 Å². The lowest BCUT2D eigenvalue weighted by Crippen LogP contribution is -2.21. The Labute approximate surface area is 160 Å². The van der Waals surface area contributed by atoms with E-state index in [0.717, 1.165) is 12.1 Å². The standard InChI is InChI=1S/C20H19F3N2O3/c1-12(13-4-6-14(7-5-13)20(21,22)23)10-18(26)25-17-9-8-15(28-3)11-16(17)19(27)24-2/h4-11H,1-3H3,(H,24,27)(H,25,26)/b12-10-. The molecular formula is C20H19F3N2O3. The number of hydrogen-bond acceptors (Lipinski definition) is 3. The number of carbonyl (C=O) groups excluding carboxylic acids is 2. The van der Waals surface area contributed by atoms with E-state index in [-0.39, 0.29) is 11.3 Å². The number of carbonyl (C=O) groups is 2. The summed E-state index contributed by atoms with van der Waals surface area (Å²) in [5.74, 6) is -0.474. The highest BCUT2D eigenvalue weighted by molar-refractivity contribution is 6.08. The van der Waals surface area contributed by atoms with E-state index in [0.29, 0.717) is 16.9 Å². The quantitative estimate of drug-likeness (QED) is 0.753. The van der Waals surface area contributed by atoms with Gasteiger partial charge in [0.25, 0.3) is 5.91 Å². The van der Waals surface area contributed by atoms with E-state index in [4.69, 9.17) is 4.74 Å². The Morgan fingerprint density at radius 1 is 1.07 bits per heavy atom. The molecule has 2 rings (SSSR count). The van der Waals surface area contributed by atoms with Crippen molar-refractivity contribution in [3.05, 3.63) is 65.2 Å². The van der Waals surface area contributed by atoms with Gasteiger partial charge in [-0.25, -0.2) is 0 Å². The molecule has 2 aromatic carbocycles. The molecule has 0 aliphatic heterocycles. The fraction of sp³-hybridized carbons (Fsp3) is 0.200. The van der Waals surface area contributed by atoms with Crippen molar-refractivity contribution in [2.24, 2.45) is 0 Å². The van der Waals surface area contributed by atoms with Crippen LogP contribution in [-0.4, -0.2) is 26.0 Å². The van der Waals surface area contributed by atoms with Crippen LogP contribution in [0.4, 0.5) is 18.9 Å². The number of nitrogens with one attached hydrogen (secondary N) is 2. The molecule has 0 bridgehead atoms. The van der Waals surface area contributed by atoms with Crippen LogP contribution < -0.4 is 15.4 Å². The second-order valence-electron chi connectivity index (χ2n) is 5.88. The van der Waals surface area contributed by atoms with Gasteiger partial charge in [-0.1, -0.05) is 12.1 Å². The van der Waals surface area contributed by atoms with Crippen molar-refractivity contribution < 1.29 is 27.5 Å². The average molecular weight is 392 g/mol. The van der Waals surface area contributed by atoms with Crippen LogP contribution in [0.3, 0.4) is 0 Å². The molecule has 0 saturated heterocycles. The van der Waals surface area contributed by atoms with Gasteiger partial charge in [-0.05, 0) is 48.4 Å². The van der Waals surface area contributed by atoms with Gasteiger partial charge in [-0.15, -0.1) is 0 Å². The Hall–Kier alpha value is -3.29. The Balaban J connectivity index is 2.22. The monoisotopic (exact) mass is 392 g/mol. The van der Waals surface area contributed by atoms with Crippen LogP contribution in [0, 0.1) is 0 Å². The zero-order valence-corrected chi connectivity index (χ0v) is 15.5. The molecule has 28 heavy (non-hydrogen) atoms. The molecule has 0 aliphatic carbocycles. The third-order valence-electron chi connectivity index (χ3n) is 3.97. The summed E-state index contributed by atoms with van der Waals surface area (Å²) >= 11 is 0. The van der Waals surface area contributed by atoms with Gasteiger partial charge in [0, 0.05) is 13.1 Å². The minimum absolute atomic E-state index is 0.218. The summed E-state index contributed by atoms with van der Waals surface area (Å²) in [6.45, 7) is 1.61. The first-order chi connectivity index (χ1) is 13.2. The molecule has 0 radical (unpaired) electrons. The molecule has 2 N–H and O–H groups in total. The highest BCUT2D eigenvalue weighted by atomic mass is 19.4. The smallest absolute Gasteiger partial charge is 0.416 e. The highest BCUT2D eigenvalue weighted by Gasteiger charge is 2.29. The second-order valence-corrected chi connectivity index (χ2v) is 5.88. The van der Waals surface area contributed by atoms with Crippen molar-refractivity contribution in [3.8, 4) is 5.75 Å². The maximum absolute atomic E-state index is 12.6.